The number of anilines is 1. The summed E-state index contributed by atoms with van der Waals surface area (Å²) in [6, 6.07) is 8.48. The molecule has 0 aliphatic carbocycles. The summed E-state index contributed by atoms with van der Waals surface area (Å²) < 4.78 is 31.8. The quantitative estimate of drug-likeness (QED) is 0.869. The van der Waals surface area contributed by atoms with Crippen LogP contribution in [-0.2, 0) is 10.0 Å². The van der Waals surface area contributed by atoms with E-state index in [9.17, 15) is 13.2 Å². The minimum Gasteiger partial charge on any atom is -0.495 e. The number of carboxylic acid groups (broad SMARTS) is 1. The van der Waals surface area contributed by atoms with E-state index < -0.39 is 16.0 Å². The zero-order valence-corrected chi connectivity index (χ0v) is 11.8. The largest absolute Gasteiger partial charge is 0.495 e. The van der Waals surface area contributed by atoms with E-state index in [1.807, 2.05) is 0 Å². The summed E-state index contributed by atoms with van der Waals surface area (Å²) in [5, 5.41) is 8.88. The van der Waals surface area contributed by atoms with Gasteiger partial charge in [0.15, 0.2) is 0 Å². The number of rotatable bonds is 5. The summed E-state index contributed by atoms with van der Waals surface area (Å²) in [6.45, 7) is 0. The molecule has 1 aromatic carbocycles. The molecule has 0 atom stereocenters. The molecule has 2 rings (SSSR count). The lowest BCUT2D eigenvalue weighted by Gasteiger charge is -2.10. The van der Waals surface area contributed by atoms with E-state index in [0.717, 1.165) is 6.07 Å². The first-order valence-corrected chi connectivity index (χ1v) is 7.27. The lowest BCUT2D eigenvalue weighted by atomic mass is 10.3. The Morgan fingerprint density at radius 2 is 2.00 bits per heavy atom. The second-order valence-corrected chi connectivity index (χ2v) is 5.64. The first kappa shape index (κ1) is 14.8. The number of aromatic nitrogens is 1. The van der Waals surface area contributed by atoms with Gasteiger partial charge >= 0.3 is 5.97 Å². The second-order valence-electron chi connectivity index (χ2n) is 3.99. The third kappa shape index (κ3) is 3.29. The smallest absolute Gasteiger partial charge is 0.335 e. The van der Waals surface area contributed by atoms with Gasteiger partial charge in [0.25, 0.3) is 10.0 Å². The maximum atomic E-state index is 12.3. The first-order chi connectivity index (χ1) is 9.94. The Bertz CT molecular complexity index is 774. The maximum absolute atomic E-state index is 12.3. The molecule has 2 N–H and O–H groups in total. The van der Waals surface area contributed by atoms with E-state index in [4.69, 9.17) is 9.84 Å². The van der Waals surface area contributed by atoms with Crippen molar-refractivity contribution in [3.05, 3.63) is 48.2 Å². The van der Waals surface area contributed by atoms with E-state index >= 15 is 0 Å². The van der Waals surface area contributed by atoms with Crippen molar-refractivity contribution in [2.75, 3.05) is 11.8 Å². The third-order valence-corrected chi connectivity index (χ3v) is 4.00. The summed E-state index contributed by atoms with van der Waals surface area (Å²) in [5.41, 5.74) is -0.0669. The van der Waals surface area contributed by atoms with Crippen LogP contribution in [0.2, 0.25) is 0 Å². The number of carboxylic acids is 1. The Kier molecular flexibility index (Phi) is 4.08. The van der Waals surface area contributed by atoms with E-state index in [-0.39, 0.29) is 22.0 Å². The van der Waals surface area contributed by atoms with E-state index in [1.165, 1.54) is 31.5 Å². The minimum absolute atomic E-state index is 0.0602. The monoisotopic (exact) mass is 308 g/mol. The average molecular weight is 308 g/mol. The zero-order valence-electron chi connectivity index (χ0n) is 11.0. The molecule has 0 spiro atoms. The number of methoxy groups -OCH3 is 1. The van der Waals surface area contributed by atoms with Crippen LogP contribution in [0.1, 0.15) is 10.4 Å². The highest BCUT2D eigenvalue weighted by molar-refractivity contribution is 7.92. The number of pyridine rings is 1. The van der Waals surface area contributed by atoms with Gasteiger partial charge in [0.05, 0.1) is 12.7 Å². The van der Waals surface area contributed by atoms with Gasteiger partial charge in [-0.15, -0.1) is 0 Å². The van der Waals surface area contributed by atoms with Crippen molar-refractivity contribution in [3.8, 4) is 5.75 Å². The second kappa shape index (κ2) is 5.80. The Morgan fingerprint density at radius 1 is 1.29 bits per heavy atom. The molecule has 0 bridgehead atoms. The maximum Gasteiger partial charge on any atom is 0.335 e. The molecular formula is C13H12N2O5S. The zero-order chi connectivity index (χ0) is 15.5. The number of carbonyl (C=O) groups is 1. The number of ether oxygens (including phenoxy) is 1. The van der Waals surface area contributed by atoms with Crippen molar-refractivity contribution in [2.24, 2.45) is 0 Å². The molecule has 1 heterocycles. The number of nitrogens with zero attached hydrogens (tertiary/aromatic N) is 1. The highest BCUT2D eigenvalue weighted by atomic mass is 32.2. The van der Waals surface area contributed by atoms with Crippen molar-refractivity contribution < 1.29 is 23.1 Å². The topological polar surface area (TPSA) is 106 Å². The van der Waals surface area contributed by atoms with E-state index in [1.54, 1.807) is 12.1 Å². The fourth-order valence-corrected chi connectivity index (χ4v) is 2.82. The van der Waals surface area contributed by atoms with Gasteiger partial charge in [0, 0.05) is 6.20 Å². The molecule has 1 aromatic heterocycles. The van der Waals surface area contributed by atoms with Gasteiger partial charge in [-0.2, -0.15) is 0 Å². The lowest BCUT2D eigenvalue weighted by Crippen LogP contribution is -2.15. The van der Waals surface area contributed by atoms with Gasteiger partial charge in [0.2, 0.25) is 0 Å². The average Bonchev–Trinajstić information content (AvgIpc) is 2.47. The molecule has 0 aliphatic rings. The van der Waals surface area contributed by atoms with Crippen molar-refractivity contribution in [3.63, 3.8) is 0 Å². The molecule has 7 nitrogen and oxygen atoms in total. The summed E-state index contributed by atoms with van der Waals surface area (Å²) in [6.07, 6.45) is 1.21. The predicted octanol–water partition coefficient (Wildman–Crippen LogP) is 1.59. The van der Waals surface area contributed by atoms with Crippen LogP contribution >= 0.6 is 0 Å². The van der Waals surface area contributed by atoms with Gasteiger partial charge in [-0.1, -0.05) is 12.1 Å². The molecule has 110 valence electrons. The van der Waals surface area contributed by atoms with Crippen LogP contribution in [-0.4, -0.2) is 31.6 Å². The summed E-state index contributed by atoms with van der Waals surface area (Å²) >= 11 is 0. The molecule has 0 fully saturated rings. The number of benzene rings is 1. The third-order valence-electron chi connectivity index (χ3n) is 2.60. The fourth-order valence-electron chi connectivity index (χ4n) is 1.65. The number of hydrogen-bond acceptors (Lipinski definition) is 5. The Balaban J connectivity index is 2.38. The van der Waals surface area contributed by atoms with Gasteiger partial charge in [-0.05, 0) is 24.3 Å². The van der Waals surface area contributed by atoms with Crippen molar-refractivity contribution in [2.45, 2.75) is 4.90 Å². The number of hydrogen-bond donors (Lipinski definition) is 2. The SMILES string of the molecule is COc1ccccc1S(=O)(=O)Nc1cc(C(=O)O)ccn1. The first-order valence-electron chi connectivity index (χ1n) is 5.79. The standard InChI is InChI=1S/C13H12N2O5S/c1-20-10-4-2-3-5-11(10)21(18,19)15-12-8-9(13(16)17)6-7-14-12/h2-8H,1H3,(H,14,15)(H,16,17). The molecule has 0 aliphatic heterocycles. The van der Waals surface area contributed by atoms with Crippen LogP contribution in [0.5, 0.6) is 5.75 Å². The predicted molar refractivity (Wildman–Crippen MR) is 75.0 cm³/mol. The van der Waals surface area contributed by atoms with Crippen LogP contribution in [0, 0.1) is 0 Å². The molecule has 0 unspecified atom stereocenters. The highest BCUT2D eigenvalue weighted by Crippen LogP contribution is 2.24. The fraction of sp³-hybridized carbons (Fsp3) is 0.0769. The number of sulfonamides is 1. The number of aromatic carboxylic acids is 1. The van der Waals surface area contributed by atoms with Crippen LogP contribution in [0.25, 0.3) is 0 Å². The summed E-state index contributed by atoms with van der Waals surface area (Å²) in [7, 11) is -2.57. The van der Waals surface area contributed by atoms with Crippen molar-refractivity contribution >= 4 is 21.8 Å². The minimum atomic E-state index is -3.93. The molecule has 0 saturated carbocycles. The molecular weight excluding hydrogens is 296 g/mol. The molecule has 0 saturated heterocycles. The van der Waals surface area contributed by atoms with Crippen LogP contribution in [0.15, 0.2) is 47.5 Å². The molecule has 0 radical (unpaired) electrons. The Morgan fingerprint density at radius 3 is 2.67 bits per heavy atom. The van der Waals surface area contributed by atoms with Crippen molar-refractivity contribution in [1.29, 1.82) is 0 Å². The van der Waals surface area contributed by atoms with E-state index in [0.29, 0.717) is 0 Å². The number of para-hydroxylation sites is 1. The summed E-state index contributed by atoms with van der Waals surface area (Å²) in [4.78, 5) is 14.6. The summed E-state index contributed by atoms with van der Waals surface area (Å²) in [5.74, 6) is -1.07. The lowest BCUT2D eigenvalue weighted by molar-refractivity contribution is 0.0697. The van der Waals surface area contributed by atoms with Gasteiger partial charge in [-0.3, -0.25) is 4.72 Å². The van der Waals surface area contributed by atoms with Crippen LogP contribution < -0.4 is 9.46 Å². The normalized spacial score (nSPS) is 10.9. The molecule has 2 aromatic rings. The van der Waals surface area contributed by atoms with E-state index in [2.05, 4.69) is 9.71 Å². The Hall–Kier alpha value is -2.61. The van der Waals surface area contributed by atoms with Crippen LogP contribution in [0.4, 0.5) is 5.82 Å². The molecule has 0 amide bonds. The van der Waals surface area contributed by atoms with Crippen molar-refractivity contribution in [1.82, 2.24) is 4.98 Å². The van der Waals surface area contributed by atoms with Gasteiger partial charge in [-0.25, -0.2) is 18.2 Å². The highest BCUT2D eigenvalue weighted by Gasteiger charge is 2.20. The van der Waals surface area contributed by atoms with Gasteiger partial charge < -0.3 is 9.84 Å². The van der Waals surface area contributed by atoms with Crippen LogP contribution in [0.3, 0.4) is 0 Å². The molecule has 8 heteroatoms. The Labute approximate surface area is 121 Å². The number of nitrogens with one attached hydrogen (secondary N) is 1. The molecule has 21 heavy (non-hydrogen) atoms. The van der Waals surface area contributed by atoms with Gasteiger partial charge in [0.1, 0.15) is 16.5 Å².